The summed E-state index contributed by atoms with van der Waals surface area (Å²) in [5, 5.41) is 5.45. The van der Waals surface area contributed by atoms with Crippen LogP contribution in [0.15, 0.2) is 48.8 Å². The molecule has 2 N–H and O–H groups in total. The first-order chi connectivity index (χ1) is 8.75. The van der Waals surface area contributed by atoms with Gasteiger partial charge in [0, 0.05) is 24.8 Å². The van der Waals surface area contributed by atoms with Crippen molar-refractivity contribution in [3.05, 3.63) is 60.0 Å². The molecule has 2 heterocycles. The van der Waals surface area contributed by atoms with Gasteiger partial charge in [0.25, 0.3) is 0 Å². The molecule has 3 aromatic rings. The van der Waals surface area contributed by atoms with Crippen LogP contribution in [0.5, 0.6) is 0 Å². The molecule has 0 aliphatic rings. The molecule has 1 unspecified atom stereocenters. The second kappa shape index (κ2) is 4.23. The zero-order valence-electron chi connectivity index (χ0n) is 10.1. The number of hydrogen-bond donors (Lipinski definition) is 1. The molecule has 0 aliphatic carbocycles. The lowest BCUT2D eigenvalue weighted by atomic mass is 10.00. The van der Waals surface area contributed by atoms with E-state index in [9.17, 15) is 0 Å². The van der Waals surface area contributed by atoms with Crippen molar-refractivity contribution in [3.63, 3.8) is 0 Å². The second-order valence-electron chi connectivity index (χ2n) is 4.31. The molecule has 2 aromatic heterocycles. The van der Waals surface area contributed by atoms with Gasteiger partial charge in [0.1, 0.15) is 0 Å². The first-order valence-corrected chi connectivity index (χ1v) is 5.84. The summed E-state index contributed by atoms with van der Waals surface area (Å²) >= 11 is 0. The maximum Gasteiger partial charge on any atom is 0.0837 e. The van der Waals surface area contributed by atoms with Crippen LogP contribution in [0, 0.1) is 0 Å². The fourth-order valence-corrected chi connectivity index (χ4v) is 2.16. The summed E-state index contributed by atoms with van der Waals surface area (Å²) in [5.41, 5.74) is 9.18. The number of nitrogens with two attached hydrogens (primary N) is 1. The maximum absolute atomic E-state index is 6.29. The van der Waals surface area contributed by atoms with Crippen LogP contribution in [0.3, 0.4) is 0 Å². The van der Waals surface area contributed by atoms with E-state index < -0.39 is 0 Å². The van der Waals surface area contributed by atoms with Crippen LogP contribution in [-0.4, -0.2) is 14.8 Å². The van der Waals surface area contributed by atoms with E-state index in [-0.39, 0.29) is 6.04 Å². The Morgan fingerprint density at radius 1 is 1.17 bits per heavy atom. The van der Waals surface area contributed by atoms with E-state index in [0.717, 1.165) is 22.2 Å². The Morgan fingerprint density at radius 2 is 2.06 bits per heavy atom. The molecule has 1 atom stereocenters. The summed E-state index contributed by atoms with van der Waals surface area (Å²) in [6.07, 6.45) is 3.69. The summed E-state index contributed by atoms with van der Waals surface area (Å²) in [7, 11) is 1.89. The van der Waals surface area contributed by atoms with Crippen LogP contribution >= 0.6 is 0 Å². The van der Waals surface area contributed by atoms with E-state index >= 15 is 0 Å². The van der Waals surface area contributed by atoms with E-state index in [4.69, 9.17) is 5.73 Å². The second-order valence-corrected chi connectivity index (χ2v) is 4.31. The van der Waals surface area contributed by atoms with Crippen molar-refractivity contribution in [2.75, 3.05) is 0 Å². The Morgan fingerprint density at radius 3 is 2.83 bits per heavy atom. The van der Waals surface area contributed by atoms with E-state index in [1.165, 1.54) is 0 Å². The van der Waals surface area contributed by atoms with Gasteiger partial charge < -0.3 is 5.73 Å². The summed E-state index contributed by atoms with van der Waals surface area (Å²) in [4.78, 5) is 4.34. The lowest BCUT2D eigenvalue weighted by Crippen LogP contribution is -2.13. The number of benzene rings is 1. The van der Waals surface area contributed by atoms with Crippen molar-refractivity contribution in [2.24, 2.45) is 12.8 Å². The molecule has 0 radical (unpaired) electrons. The minimum atomic E-state index is -0.223. The van der Waals surface area contributed by atoms with Gasteiger partial charge in [0.05, 0.1) is 17.3 Å². The summed E-state index contributed by atoms with van der Waals surface area (Å²) in [6, 6.07) is 11.7. The van der Waals surface area contributed by atoms with Crippen molar-refractivity contribution in [1.29, 1.82) is 0 Å². The van der Waals surface area contributed by atoms with Gasteiger partial charge in [0.15, 0.2) is 0 Å². The van der Waals surface area contributed by atoms with E-state index in [2.05, 4.69) is 10.1 Å². The summed E-state index contributed by atoms with van der Waals surface area (Å²) < 4.78 is 1.76. The van der Waals surface area contributed by atoms with Crippen LogP contribution < -0.4 is 5.73 Å². The topological polar surface area (TPSA) is 56.7 Å². The Hall–Kier alpha value is -2.20. The first-order valence-electron chi connectivity index (χ1n) is 5.84. The van der Waals surface area contributed by atoms with E-state index in [0.29, 0.717) is 0 Å². The highest BCUT2D eigenvalue weighted by atomic mass is 15.3. The van der Waals surface area contributed by atoms with Crippen LogP contribution in [0.1, 0.15) is 17.3 Å². The smallest absolute Gasteiger partial charge is 0.0837 e. The Kier molecular flexibility index (Phi) is 2.57. The standard InChI is InChI=1S/C14H14N4/c1-18-9-7-13(17-18)14(15)11-4-2-6-12-10(11)5-3-8-16-12/h2-9,14H,15H2,1H3. The molecule has 0 bridgehead atoms. The van der Waals surface area contributed by atoms with Crippen molar-refractivity contribution in [1.82, 2.24) is 14.8 Å². The fraction of sp³-hybridized carbons (Fsp3) is 0.143. The van der Waals surface area contributed by atoms with Gasteiger partial charge in [0.2, 0.25) is 0 Å². The Bertz CT molecular complexity index is 682. The van der Waals surface area contributed by atoms with E-state index in [1.807, 2.05) is 49.6 Å². The number of pyridine rings is 1. The third-order valence-corrected chi connectivity index (χ3v) is 3.07. The quantitative estimate of drug-likeness (QED) is 0.743. The molecule has 0 amide bonds. The molecular weight excluding hydrogens is 224 g/mol. The molecule has 18 heavy (non-hydrogen) atoms. The van der Waals surface area contributed by atoms with Gasteiger partial charge in [-0.05, 0) is 23.8 Å². The fourth-order valence-electron chi connectivity index (χ4n) is 2.16. The highest BCUT2D eigenvalue weighted by Gasteiger charge is 2.14. The lowest BCUT2D eigenvalue weighted by molar-refractivity contribution is 0.717. The summed E-state index contributed by atoms with van der Waals surface area (Å²) in [6.45, 7) is 0. The average Bonchev–Trinajstić information content (AvgIpc) is 2.84. The highest BCUT2D eigenvalue weighted by molar-refractivity contribution is 5.82. The average molecular weight is 238 g/mol. The van der Waals surface area contributed by atoms with Crippen molar-refractivity contribution in [3.8, 4) is 0 Å². The molecular formula is C14H14N4. The molecule has 1 aromatic carbocycles. The van der Waals surface area contributed by atoms with Crippen molar-refractivity contribution >= 4 is 10.9 Å². The SMILES string of the molecule is Cn1ccc(C(N)c2cccc3ncccc23)n1. The molecule has 0 aliphatic heterocycles. The molecule has 0 spiro atoms. The van der Waals surface area contributed by atoms with Gasteiger partial charge in [-0.3, -0.25) is 9.67 Å². The molecule has 0 saturated carbocycles. The number of aromatic nitrogens is 3. The van der Waals surface area contributed by atoms with Crippen molar-refractivity contribution in [2.45, 2.75) is 6.04 Å². The molecule has 0 fully saturated rings. The van der Waals surface area contributed by atoms with Gasteiger partial charge in [-0.15, -0.1) is 0 Å². The highest BCUT2D eigenvalue weighted by Crippen LogP contribution is 2.25. The van der Waals surface area contributed by atoms with Crippen LogP contribution in [0.2, 0.25) is 0 Å². The van der Waals surface area contributed by atoms with Crippen LogP contribution in [-0.2, 0) is 7.05 Å². The normalized spacial score (nSPS) is 12.8. The van der Waals surface area contributed by atoms with Gasteiger partial charge in [-0.2, -0.15) is 5.10 Å². The summed E-state index contributed by atoms with van der Waals surface area (Å²) in [5.74, 6) is 0. The first kappa shape index (κ1) is 10.9. The number of nitrogens with zero attached hydrogens (tertiary/aromatic N) is 3. The molecule has 3 rings (SSSR count). The van der Waals surface area contributed by atoms with Gasteiger partial charge in [-0.1, -0.05) is 18.2 Å². The van der Waals surface area contributed by atoms with Gasteiger partial charge >= 0.3 is 0 Å². The minimum absolute atomic E-state index is 0.223. The number of rotatable bonds is 2. The molecule has 4 heteroatoms. The monoisotopic (exact) mass is 238 g/mol. The Labute approximate surface area is 105 Å². The minimum Gasteiger partial charge on any atom is -0.319 e. The number of hydrogen-bond acceptors (Lipinski definition) is 3. The molecule has 4 nitrogen and oxygen atoms in total. The maximum atomic E-state index is 6.29. The third kappa shape index (κ3) is 1.76. The molecule has 0 saturated heterocycles. The molecule has 90 valence electrons. The number of fused-ring (bicyclic) bond motifs is 1. The largest absolute Gasteiger partial charge is 0.319 e. The third-order valence-electron chi connectivity index (χ3n) is 3.07. The van der Waals surface area contributed by atoms with Crippen LogP contribution in [0.25, 0.3) is 10.9 Å². The Balaban J connectivity index is 2.14. The zero-order valence-corrected chi connectivity index (χ0v) is 10.1. The lowest BCUT2D eigenvalue weighted by Gasteiger charge is -2.12. The predicted molar refractivity (Wildman–Crippen MR) is 71.0 cm³/mol. The zero-order chi connectivity index (χ0) is 12.5. The number of aryl methyl sites for hydroxylation is 1. The van der Waals surface area contributed by atoms with Gasteiger partial charge in [-0.25, -0.2) is 0 Å². The van der Waals surface area contributed by atoms with Crippen molar-refractivity contribution < 1.29 is 0 Å². The van der Waals surface area contributed by atoms with Crippen LogP contribution in [0.4, 0.5) is 0 Å². The predicted octanol–water partition coefficient (Wildman–Crippen LogP) is 2.02. The van der Waals surface area contributed by atoms with E-state index in [1.54, 1.807) is 10.9 Å².